The van der Waals surface area contributed by atoms with Crippen LogP contribution in [0.25, 0.3) is 0 Å². The van der Waals surface area contributed by atoms with E-state index < -0.39 is 23.9 Å². The number of carbonyl (C=O) groups excluding carboxylic acids is 2. The summed E-state index contributed by atoms with van der Waals surface area (Å²) in [5.41, 5.74) is 0.376. The van der Waals surface area contributed by atoms with Gasteiger partial charge in [0.25, 0.3) is 0 Å². The number of rotatable bonds is 4. The molecule has 0 spiro atoms. The fourth-order valence-corrected chi connectivity index (χ4v) is 2.76. The van der Waals surface area contributed by atoms with Gasteiger partial charge in [-0.1, -0.05) is 6.42 Å². The summed E-state index contributed by atoms with van der Waals surface area (Å²) >= 11 is 0. The Morgan fingerprint density at radius 3 is 2.71 bits per heavy atom. The molecule has 1 aliphatic rings. The number of carbonyl (C=O) groups is 2. The van der Waals surface area contributed by atoms with Gasteiger partial charge in [0.05, 0.1) is 17.8 Å². The first-order valence-electron chi connectivity index (χ1n) is 7.77. The molecule has 0 bridgehead atoms. The van der Waals surface area contributed by atoms with Gasteiger partial charge in [0.1, 0.15) is 6.54 Å². The van der Waals surface area contributed by atoms with Crippen LogP contribution in [-0.4, -0.2) is 46.8 Å². The highest BCUT2D eigenvalue weighted by Crippen LogP contribution is 2.40. The van der Waals surface area contributed by atoms with Gasteiger partial charge in [0.2, 0.25) is 11.8 Å². The molecule has 2 rings (SSSR count). The van der Waals surface area contributed by atoms with E-state index in [0.717, 1.165) is 0 Å². The maximum absolute atomic E-state index is 12.8. The summed E-state index contributed by atoms with van der Waals surface area (Å²) in [6.45, 7) is 0.0302. The number of aromatic nitrogens is 2. The molecule has 1 N–H and O–H groups in total. The predicted octanol–water partition coefficient (Wildman–Crippen LogP) is 2.28. The van der Waals surface area contributed by atoms with Crippen LogP contribution in [0.2, 0.25) is 0 Å². The van der Waals surface area contributed by atoms with Crippen molar-refractivity contribution in [3.63, 3.8) is 0 Å². The highest BCUT2D eigenvalue weighted by Gasteiger charge is 2.43. The number of likely N-dealkylation sites (N-methyl/N-ethyl adjacent to an activating group) is 1. The minimum absolute atomic E-state index is 0.0302. The molecule has 0 aromatic carbocycles. The van der Waals surface area contributed by atoms with Crippen molar-refractivity contribution in [2.75, 3.05) is 19.4 Å². The zero-order chi connectivity index (χ0) is 17.9. The summed E-state index contributed by atoms with van der Waals surface area (Å²) in [5, 5.41) is 6.56. The number of amides is 2. The average molecular weight is 346 g/mol. The van der Waals surface area contributed by atoms with Crippen molar-refractivity contribution >= 4 is 17.5 Å². The lowest BCUT2D eigenvalue weighted by atomic mass is 9.80. The van der Waals surface area contributed by atoms with Crippen molar-refractivity contribution in [3.05, 3.63) is 12.4 Å². The van der Waals surface area contributed by atoms with Crippen LogP contribution in [0.15, 0.2) is 12.4 Å². The highest BCUT2D eigenvalue weighted by atomic mass is 19.4. The molecule has 6 nitrogen and oxygen atoms in total. The van der Waals surface area contributed by atoms with E-state index in [9.17, 15) is 22.8 Å². The lowest BCUT2D eigenvalue weighted by Crippen LogP contribution is -2.34. The summed E-state index contributed by atoms with van der Waals surface area (Å²) in [6, 6.07) is 0. The first-order chi connectivity index (χ1) is 11.2. The van der Waals surface area contributed by atoms with E-state index in [4.69, 9.17) is 0 Å². The number of hydrogen-bond acceptors (Lipinski definition) is 3. The number of alkyl halides is 3. The molecule has 1 heterocycles. The van der Waals surface area contributed by atoms with E-state index in [-0.39, 0.29) is 25.3 Å². The zero-order valence-corrected chi connectivity index (χ0v) is 13.6. The van der Waals surface area contributed by atoms with Crippen molar-refractivity contribution in [1.29, 1.82) is 0 Å². The van der Waals surface area contributed by atoms with E-state index in [1.807, 2.05) is 0 Å². The molecular weight excluding hydrogens is 325 g/mol. The monoisotopic (exact) mass is 346 g/mol. The largest absolute Gasteiger partial charge is 0.391 e. The second kappa shape index (κ2) is 7.23. The number of hydrogen-bond donors (Lipinski definition) is 1. The molecule has 1 aliphatic carbocycles. The molecule has 1 aromatic heterocycles. The Hall–Kier alpha value is -2.06. The standard InChI is InChI=1S/C15H21F3N4O2/c1-21(2)13(23)9-22-8-12(7-19-22)20-14(24)10-4-3-5-11(6-10)15(16,17)18/h7-8,10-11H,3-6,9H2,1-2H3,(H,20,24). The first kappa shape index (κ1) is 18.3. The van der Waals surface area contributed by atoms with Crippen molar-refractivity contribution in [2.45, 2.75) is 38.4 Å². The summed E-state index contributed by atoms with van der Waals surface area (Å²) in [6.07, 6.45) is -0.643. The van der Waals surface area contributed by atoms with E-state index >= 15 is 0 Å². The fourth-order valence-electron chi connectivity index (χ4n) is 2.76. The van der Waals surface area contributed by atoms with E-state index in [0.29, 0.717) is 18.5 Å². The lowest BCUT2D eigenvalue weighted by molar-refractivity contribution is -0.185. The average Bonchev–Trinajstić information content (AvgIpc) is 2.93. The Labute approximate surface area is 138 Å². The number of nitrogens with one attached hydrogen (secondary N) is 1. The third-order valence-electron chi connectivity index (χ3n) is 4.20. The molecule has 1 aromatic rings. The Balaban J connectivity index is 1.92. The van der Waals surface area contributed by atoms with Gasteiger partial charge in [-0.2, -0.15) is 18.3 Å². The minimum atomic E-state index is -4.25. The van der Waals surface area contributed by atoms with Crippen molar-refractivity contribution in [2.24, 2.45) is 11.8 Å². The van der Waals surface area contributed by atoms with E-state index in [1.54, 1.807) is 14.1 Å². The molecule has 2 atom stereocenters. The van der Waals surface area contributed by atoms with Crippen LogP contribution >= 0.6 is 0 Å². The normalized spacial score (nSPS) is 21.4. The van der Waals surface area contributed by atoms with Crippen molar-refractivity contribution in [1.82, 2.24) is 14.7 Å². The number of nitrogens with zero attached hydrogens (tertiary/aromatic N) is 3. The van der Waals surface area contributed by atoms with Crippen LogP contribution < -0.4 is 5.32 Å². The quantitative estimate of drug-likeness (QED) is 0.909. The van der Waals surface area contributed by atoms with Crippen molar-refractivity contribution in [3.8, 4) is 0 Å². The van der Waals surface area contributed by atoms with Gasteiger partial charge in [-0.25, -0.2) is 0 Å². The van der Waals surface area contributed by atoms with Gasteiger partial charge >= 0.3 is 6.18 Å². The van der Waals surface area contributed by atoms with Gasteiger partial charge in [0, 0.05) is 26.2 Å². The third-order valence-corrected chi connectivity index (χ3v) is 4.20. The molecule has 134 valence electrons. The SMILES string of the molecule is CN(C)C(=O)Cn1cc(NC(=O)C2CCCC(C(F)(F)F)C2)cn1. The maximum Gasteiger partial charge on any atom is 0.391 e. The Morgan fingerprint density at radius 1 is 1.38 bits per heavy atom. The molecule has 24 heavy (non-hydrogen) atoms. The molecular formula is C15H21F3N4O2. The Morgan fingerprint density at radius 2 is 2.08 bits per heavy atom. The second-order valence-corrected chi connectivity index (χ2v) is 6.31. The van der Waals surface area contributed by atoms with Crippen LogP contribution in [0.3, 0.4) is 0 Å². The van der Waals surface area contributed by atoms with Gasteiger partial charge in [-0.15, -0.1) is 0 Å². The van der Waals surface area contributed by atoms with Gasteiger partial charge in [-0.05, 0) is 19.3 Å². The molecule has 2 amide bonds. The Bertz CT molecular complexity index is 598. The molecule has 1 saturated carbocycles. The van der Waals surface area contributed by atoms with Crippen LogP contribution in [0, 0.1) is 11.8 Å². The first-order valence-corrected chi connectivity index (χ1v) is 7.77. The predicted molar refractivity (Wildman–Crippen MR) is 81.1 cm³/mol. The lowest BCUT2D eigenvalue weighted by Gasteiger charge is -2.29. The molecule has 9 heteroatoms. The smallest absolute Gasteiger partial charge is 0.347 e. The van der Waals surface area contributed by atoms with E-state index in [2.05, 4.69) is 10.4 Å². The van der Waals surface area contributed by atoms with Gasteiger partial charge < -0.3 is 10.2 Å². The maximum atomic E-state index is 12.8. The minimum Gasteiger partial charge on any atom is -0.347 e. The van der Waals surface area contributed by atoms with E-state index in [1.165, 1.54) is 22.0 Å². The number of halogens is 3. The highest BCUT2D eigenvalue weighted by molar-refractivity contribution is 5.92. The summed E-state index contributed by atoms with van der Waals surface area (Å²) < 4.78 is 39.8. The van der Waals surface area contributed by atoms with Gasteiger partial charge in [0.15, 0.2) is 0 Å². The molecule has 0 radical (unpaired) electrons. The van der Waals surface area contributed by atoms with Crippen LogP contribution in [0.5, 0.6) is 0 Å². The van der Waals surface area contributed by atoms with Crippen LogP contribution in [0.4, 0.5) is 18.9 Å². The number of anilines is 1. The van der Waals surface area contributed by atoms with Crippen LogP contribution in [-0.2, 0) is 16.1 Å². The molecule has 0 aliphatic heterocycles. The molecule has 2 unspecified atom stereocenters. The topological polar surface area (TPSA) is 67.2 Å². The second-order valence-electron chi connectivity index (χ2n) is 6.31. The molecule has 0 saturated heterocycles. The Kier molecular flexibility index (Phi) is 5.51. The van der Waals surface area contributed by atoms with Gasteiger partial charge in [-0.3, -0.25) is 14.3 Å². The zero-order valence-electron chi connectivity index (χ0n) is 13.6. The fraction of sp³-hybridized carbons (Fsp3) is 0.667. The molecule has 1 fully saturated rings. The third kappa shape index (κ3) is 4.72. The summed E-state index contributed by atoms with van der Waals surface area (Å²) in [7, 11) is 3.24. The summed E-state index contributed by atoms with van der Waals surface area (Å²) in [5.74, 6) is -2.65. The van der Waals surface area contributed by atoms with Crippen molar-refractivity contribution < 1.29 is 22.8 Å². The van der Waals surface area contributed by atoms with Crippen LogP contribution in [0.1, 0.15) is 25.7 Å². The summed E-state index contributed by atoms with van der Waals surface area (Å²) in [4.78, 5) is 25.2.